The van der Waals surface area contributed by atoms with Gasteiger partial charge in [-0.25, -0.2) is 15.0 Å². The van der Waals surface area contributed by atoms with Crippen LogP contribution in [0.25, 0.3) is 11.4 Å². The molecule has 4 aromatic rings. The number of halogens is 2. The van der Waals surface area contributed by atoms with Crippen LogP contribution in [0.3, 0.4) is 0 Å². The van der Waals surface area contributed by atoms with Gasteiger partial charge in [0.1, 0.15) is 6.33 Å². The monoisotopic (exact) mass is 396 g/mol. The zero-order chi connectivity index (χ0) is 18.6. The molecular weight excluding hydrogens is 383 g/mol. The minimum Gasteiger partial charge on any atom is -0.324 e. The number of hydrogen-bond donors (Lipinski definition) is 2. The maximum Gasteiger partial charge on any atom is 0.227 e. The van der Waals surface area contributed by atoms with Crippen molar-refractivity contribution in [1.29, 1.82) is 0 Å². The molecule has 0 atom stereocenters. The Bertz CT molecular complexity index is 1050. The van der Waals surface area contributed by atoms with E-state index in [9.17, 15) is 0 Å². The van der Waals surface area contributed by atoms with Crippen LogP contribution in [0.5, 0.6) is 0 Å². The van der Waals surface area contributed by atoms with Gasteiger partial charge >= 0.3 is 0 Å². The van der Waals surface area contributed by atoms with Crippen molar-refractivity contribution in [2.24, 2.45) is 0 Å². The van der Waals surface area contributed by atoms with Gasteiger partial charge in [-0.2, -0.15) is 5.10 Å². The first-order chi connectivity index (χ1) is 13.2. The number of nitrogens with zero attached hydrogens (tertiary/aromatic N) is 4. The molecule has 8 heteroatoms. The summed E-state index contributed by atoms with van der Waals surface area (Å²) in [7, 11) is 0. The molecule has 0 aliphatic carbocycles. The topological polar surface area (TPSA) is 79.4 Å². The number of nitrogens with one attached hydrogen (secondary N) is 2. The zero-order valence-corrected chi connectivity index (χ0v) is 15.5. The third-order valence-corrected chi connectivity index (χ3v) is 4.65. The van der Waals surface area contributed by atoms with Gasteiger partial charge in [-0.05, 0) is 35.9 Å². The van der Waals surface area contributed by atoms with Gasteiger partial charge in [0, 0.05) is 22.7 Å². The van der Waals surface area contributed by atoms with Crippen LogP contribution in [0.2, 0.25) is 10.0 Å². The molecule has 4 rings (SSSR count). The smallest absolute Gasteiger partial charge is 0.227 e. The zero-order valence-electron chi connectivity index (χ0n) is 14.0. The number of anilines is 2. The first-order valence-corrected chi connectivity index (χ1v) is 8.92. The van der Waals surface area contributed by atoms with Crippen molar-refractivity contribution in [3.63, 3.8) is 0 Å². The number of aromatic nitrogens is 5. The number of benzene rings is 2. The van der Waals surface area contributed by atoms with Crippen LogP contribution < -0.4 is 5.32 Å². The second-order valence-corrected chi connectivity index (χ2v) is 6.61. The van der Waals surface area contributed by atoms with E-state index >= 15 is 0 Å². The molecule has 2 heterocycles. The molecule has 2 N–H and O–H groups in total. The molecule has 0 saturated heterocycles. The summed E-state index contributed by atoms with van der Waals surface area (Å²) < 4.78 is 0. The lowest BCUT2D eigenvalue weighted by Crippen LogP contribution is -2.02. The normalized spacial score (nSPS) is 10.7. The summed E-state index contributed by atoms with van der Waals surface area (Å²) in [6.07, 6.45) is 3.59. The van der Waals surface area contributed by atoms with Crippen LogP contribution in [-0.4, -0.2) is 25.1 Å². The highest BCUT2D eigenvalue weighted by Gasteiger charge is 2.09. The van der Waals surface area contributed by atoms with E-state index in [-0.39, 0.29) is 0 Å². The molecule has 2 aromatic heterocycles. The highest BCUT2D eigenvalue weighted by molar-refractivity contribution is 6.32. The molecule has 27 heavy (non-hydrogen) atoms. The number of rotatable bonds is 5. The van der Waals surface area contributed by atoms with Crippen LogP contribution in [0, 0.1) is 0 Å². The van der Waals surface area contributed by atoms with Crippen LogP contribution in [0.1, 0.15) is 11.3 Å². The van der Waals surface area contributed by atoms with E-state index in [4.69, 9.17) is 23.2 Å². The van der Waals surface area contributed by atoms with Gasteiger partial charge < -0.3 is 5.32 Å². The summed E-state index contributed by atoms with van der Waals surface area (Å²) in [5, 5.41) is 11.1. The highest BCUT2D eigenvalue weighted by atomic mass is 35.5. The maximum atomic E-state index is 6.27. The van der Waals surface area contributed by atoms with E-state index in [2.05, 4.69) is 30.5 Å². The number of hydrogen-bond acceptors (Lipinski definition) is 5. The van der Waals surface area contributed by atoms with Gasteiger partial charge in [0.05, 0.1) is 16.9 Å². The molecule has 2 aromatic carbocycles. The van der Waals surface area contributed by atoms with Crippen LogP contribution in [0.4, 0.5) is 11.6 Å². The molecule has 134 valence electrons. The Balaban J connectivity index is 1.53. The summed E-state index contributed by atoms with van der Waals surface area (Å²) in [5.74, 6) is 1.18. The van der Waals surface area contributed by atoms with E-state index in [0.717, 1.165) is 16.8 Å². The molecule has 0 radical (unpaired) electrons. The molecule has 0 amide bonds. The molecule has 0 bridgehead atoms. The molecule has 0 fully saturated rings. The third kappa shape index (κ3) is 4.07. The van der Waals surface area contributed by atoms with Crippen molar-refractivity contribution in [3.05, 3.63) is 82.4 Å². The SMILES string of the molecule is Clc1ccccc1Cc1nc(Nc2ccc(-c3ncn[nH]3)cc2)ncc1Cl. The fourth-order valence-electron chi connectivity index (χ4n) is 2.59. The summed E-state index contributed by atoms with van der Waals surface area (Å²) in [4.78, 5) is 12.9. The van der Waals surface area contributed by atoms with Gasteiger partial charge in [-0.1, -0.05) is 41.4 Å². The molecule has 0 unspecified atom stereocenters. The Hall–Kier alpha value is -2.96. The van der Waals surface area contributed by atoms with Crippen molar-refractivity contribution < 1.29 is 0 Å². The lowest BCUT2D eigenvalue weighted by molar-refractivity contribution is 1.03. The van der Waals surface area contributed by atoms with Crippen molar-refractivity contribution in [2.45, 2.75) is 6.42 Å². The Kier molecular flexibility index (Phi) is 5.00. The van der Waals surface area contributed by atoms with E-state index < -0.39 is 0 Å². The van der Waals surface area contributed by atoms with Gasteiger partial charge in [0.25, 0.3) is 0 Å². The van der Waals surface area contributed by atoms with Crippen LogP contribution >= 0.6 is 23.2 Å². The first kappa shape index (κ1) is 17.5. The average Bonchev–Trinajstić information content (AvgIpc) is 3.22. The van der Waals surface area contributed by atoms with Gasteiger partial charge in [0.15, 0.2) is 5.82 Å². The highest BCUT2D eigenvalue weighted by Crippen LogP contribution is 2.24. The lowest BCUT2D eigenvalue weighted by Gasteiger charge is -2.09. The quantitative estimate of drug-likeness (QED) is 0.501. The second-order valence-electron chi connectivity index (χ2n) is 5.79. The Labute approximate surface area is 165 Å². The Morgan fingerprint density at radius 1 is 0.926 bits per heavy atom. The van der Waals surface area contributed by atoms with E-state index in [1.165, 1.54) is 6.33 Å². The molecule has 0 aliphatic rings. The fourth-order valence-corrected chi connectivity index (χ4v) is 2.95. The van der Waals surface area contributed by atoms with E-state index in [1.54, 1.807) is 6.20 Å². The fraction of sp³-hybridized carbons (Fsp3) is 0.0526. The molecule has 0 saturated carbocycles. The largest absolute Gasteiger partial charge is 0.324 e. The standard InChI is InChI=1S/C19H14Cl2N6/c20-15-4-2-1-3-13(15)9-17-16(21)10-22-19(26-17)25-14-7-5-12(6-8-14)18-23-11-24-27-18/h1-8,10-11H,9H2,(H,22,25,26)(H,23,24,27). The van der Waals surface area contributed by atoms with Gasteiger partial charge in [0.2, 0.25) is 5.95 Å². The predicted octanol–water partition coefficient (Wildman–Crippen LogP) is 4.90. The van der Waals surface area contributed by atoms with E-state index in [0.29, 0.717) is 33.9 Å². The molecule has 0 spiro atoms. The van der Waals surface area contributed by atoms with Gasteiger partial charge in [-0.15, -0.1) is 0 Å². The summed E-state index contributed by atoms with van der Waals surface area (Å²) in [5.41, 5.74) is 3.46. The average molecular weight is 397 g/mol. The number of H-pyrrole nitrogens is 1. The third-order valence-electron chi connectivity index (χ3n) is 3.96. The second kappa shape index (κ2) is 7.73. The van der Waals surface area contributed by atoms with Crippen molar-refractivity contribution in [3.8, 4) is 11.4 Å². The lowest BCUT2D eigenvalue weighted by atomic mass is 10.1. The van der Waals surface area contributed by atoms with Crippen LogP contribution in [0.15, 0.2) is 61.1 Å². The Morgan fingerprint density at radius 3 is 2.48 bits per heavy atom. The molecular formula is C19H14Cl2N6. The summed E-state index contributed by atoms with van der Waals surface area (Å²) in [6, 6.07) is 15.3. The minimum atomic E-state index is 0.467. The van der Waals surface area contributed by atoms with Crippen LogP contribution in [-0.2, 0) is 6.42 Å². The summed E-state index contributed by atoms with van der Waals surface area (Å²) in [6.45, 7) is 0. The Morgan fingerprint density at radius 2 is 1.74 bits per heavy atom. The first-order valence-electron chi connectivity index (χ1n) is 8.17. The van der Waals surface area contributed by atoms with Gasteiger partial charge in [-0.3, -0.25) is 5.10 Å². The molecule has 0 aliphatic heterocycles. The number of aromatic amines is 1. The predicted molar refractivity (Wildman–Crippen MR) is 106 cm³/mol. The molecule has 6 nitrogen and oxygen atoms in total. The van der Waals surface area contributed by atoms with Crippen molar-refractivity contribution in [1.82, 2.24) is 25.1 Å². The van der Waals surface area contributed by atoms with E-state index in [1.807, 2.05) is 48.5 Å². The minimum absolute atomic E-state index is 0.467. The van der Waals surface area contributed by atoms with Crippen molar-refractivity contribution in [2.75, 3.05) is 5.32 Å². The van der Waals surface area contributed by atoms with Crippen molar-refractivity contribution >= 4 is 34.8 Å². The maximum absolute atomic E-state index is 6.27. The summed E-state index contributed by atoms with van der Waals surface area (Å²) >= 11 is 12.5.